The third-order valence-corrected chi connectivity index (χ3v) is 5.27. The van der Waals surface area contributed by atoms with Crippen LogP contribution in [-0.4, -0.2) is 52.9 Å². The van der Waals surface area contributed by atoms with Crippen molar-refractivity contribution in [2.24, 2.45) is 5.73 Å². The molecule has 0 aromatic heterocycles. The highest BCUT2D eigenvalue weighted by atomic mass is 16.6. The van der Waals surface area contributed by atoms with Crippen molar-refractivity contribution in [3.8, 4) is 0 Å². The number of ether oxygens (including phenoxy) is 1. The van der Waals surface area contributed by atoms with Crippen LogP contribution in [0.4, 0.5) is 4.79 Å². The molecule has 0 saturated heterocycles. The number of nitrogens with one attached hydrogen (secondary N) is 2. The Hall–Kier alpha value is -3.36. The van der Waals surface area contributed by atoms with Gasteiger partial charge in [-0.15, -0.1) is 0 Å². The van der Waals surface area contributed by atoms with Gasteiger partial charge in [0.15, 0.2) is 0 Å². The largest absolute Gasteiger partial charge is 0.444 e. The van der Waals surface area contributed by atoms with E-state index in [1.807, 2.05) is 6.07 Å². The Morgan fingerprint density at radius 1 is 1.17 bits per heavy atom. The summed E-state index contributed by atoms with van der Waals surface area (Å²) in [6.07, 6.45) is 3.12. The Morgan fingerprint density at radius 3 is 2.36 bits per heavy atom. The molecule has 36 heavy (non-hydrogen) atoms. The number of nitrogens with zero attached hydrogens (tertiary/aromatic N) is 1. The zero-order valence-electron chi connectivity index (χ0n) is 22.4. The molecule has 4 amide bonds. The highest BCUT2D eigenvalue weighted by Crippen LogP contribution is 2.26. The second-order valence-corrected chi connectivity index (χ2v) is 9.98. The monoisotopic (exact) mass is 502 g/mol. The second-order valence-electron chi connectivity index (χ2n) is 9.98. The normalized spacial score (nSPS) is 12.9. The molecule has 200 valence electrons. The van der Waals surface area contributed by atoms with Crippen LogP contribution in [-0.2, 0) is 19.1 Å². The summed E-state index contributed by atoms with van der Waals surface area (Å²) < 4.78 is 5.28. The first-order valence-corrected chi connectivity index (χ1v) is 12.4. The minimum Gasteiger partial charge on any atom is -0.444 e. The van der Waals surface area contributed by atoms with Crippen molar-refractivity contribution in [3.05, 3.63) is 42.0 Å². The lowest BCUT2D eigenvalue weighted by Crippen LogP contribution is -2.56. The lowest BCUT2D eigenvalue weighted by molar-refractivity contribution is -0.145. The van der Waals surface area contributed by atoms with Gasteiger partial charge in [0, 0.05) is 12.6 Å². The predicted octanol–water partition coefficient (Wildman–Crippen LogP) is 3.68. The third kappa shape index (κ3) is 10.1. The molecule has 9 nitrogen and oxygen atoms in total. The van der Waals surface area contributed by atoms with E-state index in [1.165, 1.54) is 4.90 Å². The number of carbonyl (C=O) groups excluding carboxylic acids is 4. The van der Waals surface area contributed by atoms with Crippen LogP contribution >= 0.6 is 0 Å². The van der Waals surface area contributed by atoms with Gasteiger partial charge in [0.05, 0.1) is 6.42 Å². The van der Waals surface area contributed by atoms with E-state index in [1.54, 1.807) is 58.9 Å². The fourth-order valence-electron chi connectivity index (χ4n) is 3.69. The van der Waals surface area contributed by atoms with Gasteiger partial charge in [-0.1, -0.05) is 50.6 Å². The molecule has 0 aliphatic heterocycles. The van der Waals surface area contributed by atoms with Crippen molar-refractivity contribution in [2.45, 2.75) is 91.0 Å². The average Bonchev–Trinajstić information content (AvgIpc) is 2.77. The standard InChI is InChI=1S/C27H42N4O5/c1-8-10-11-15-29-24(33)23(20-14-12-13-19(9-2)16-20)31(18(3)4)25(34)21(17-22(28)32)30-26(35)36-27(5,6)7/h9,12-14,16,18,21,23H,2,8,10-11,15,17H2,1,3-7H3,(H2,28,32)(H,29,33)(H,30,35). The van der Waals surface area contributed by atoms with E-state index in [-0.39, 0.29) is 5.91 Å². The van der Waals surface area contributed by atoms with Crippen LogP contribution in [0.3, 0.4) is 0 Å². The highest BCUT2D eigenvalue weighted by molar-refractivity contribution is 5.94. The van der Waals surface area contributed by atoms with Gasteiger partial charge < -0.3 is 26.0 Å². The average molecular weight is 503 g/mol. The van der Waals surface area contributed by atoms with Gasteiger partial charge in [0.2, 0.25) is 17.7 Å². The van der Waals surface area contributed by atoms with E-state index >= 15 is 0 Å². The lowest BCUT2D eigenvalue weighted by atomic mass is 9.98. The van der Waals surface area contributed by atoms with Crippen molar-refractivity contribution in [1.29, 1.82) is 0 Å². The number of hydrogen-bond donors (Lipinski definition) is 3. The van der Waals surface area contributed by atoms with Gasteiger partial charge in [-0.05, 0) is 58.2 Å². The van der Waals surface area contributed by atoms with Crippen LogP contribution < -0.4 is 16.4 Å². The number of primary amides is 1. The number of hydrogen-bond acceptors (Lipinski definition) is 5. The summed E-state index contributed by atoms with van der Waals surface area (Å²) in [6.45, 7) is 14.9. The lowest BCUT2D eigenvalue weighted by Gasteiger charge is -2.37. The van der Waals surface area contributed by atoms with E-state index in [0.29, 0.717) is 12.1 Å². The van der Waals surface area contributed by atoms with E-state index in [2.05, 4.69) is 24.1 Å². The SMILES string of the molecule is C=Cc1cccc(C(C(=O)NCCCCC)N(C(=O)C(CC(N)=O)NC(=O)OC(C)(C)C)C(C)C)c1. The summed E-state index contributed by atoms with van der Waals surface area (Å²) in [6, 6.07) is 4.41. The maximum atomic E-state index is 13.8. The zero-order chi connectivity index (χ0) is 27.5. The highest BCUT2D eigenvalue weighted by Gasteiger charge is 2.38. The number of unbranched alkanes of at least 4 members (excludes halogenated alkanes) is 2. The first-order valence-electron chi connectivity index (χ1n) is 12.4. The fourth-order valence-corrected chi connectivity index (χ4v) is 3.69. The van der Waals surface area contributed by atoms with Gasteiger partial charge in [-0.3, -0.25) is 14.4 Å². The number of alkyl carbamates (subject to hydrolysis) is 1. The van der Waals surface area contributed by atoms with Crippen molar-refractivity contribution in [2.75, 3.05) is 6.54 Å². The Morgan fingerprint density at radius 2 is 1.83 bits per heavy atom. The summed E-state index contributed by atoms with van der Waals surface area (Å²) >= 11 is 0. The van der Waals surface area contributed by atoms with Crippen LogP contribution in [0, 0.1) is 0 Å². The molecule has 1 rings (SSSR count). The van der Waals surface area contributed by atoms with Crippen LogP contribution in [0.5, 0.6) is 0 Å². The predicted molar refractivity (Wildman–Crippen MR) is 141 cm³/mol. The van der Waals surface area contributed by atoms with E-state index in [4.69, 9.17) is 10.5 Å². The molecule has 4 N–H and O–H groups in total. The number of nitrogens with two attached hydrogens (primary N) is 1. The molecule has 0 radical (unpaired) electrons. The molecular weight excluding hydrogens is 460 g/mol. The molecular formula is C27H42N4O5. The quantitative estimate of drug-likeness (QED) is 0.354. The smallest absolute Gasteiger partial charge is 0.408 e. The summed E-state index contributed by atoms with van der Waals surface area (Å²) in [5.74, 6) is -1.75. The summed E-state index contributed by atoms with van der Waals surface area (Å²) in [4.78, 5) is 52.9. The minimum absolute atomic E-state index is 0.357. The first kappa shape index (κ1) is 30.7. The van der Waals surface area contributed by atoms with E-state index in [9.17, 15) is 19.2 Å². The first-order chi connectivity index (χ1) is 16.8. The van der Waals surface area contributed by atoms with E-state index < -0.39 is 48.1 Å². The molecule has 0 fully saturated rings. The van der Waals surface area contributed by atoms with Gasteiger partial charge in [0.25, 0.3) is 0 Å². The summed E-state index contributed by atoms with van der Waals surface area (Å²) in [5.41, 5.74) is 5.95. The number of benzene rings is 1. The molecule has 0 spiro atoms. The molecule has 0 aliphatic carbocycles. The number of carbonyl (C=O) groups is 4. The van der Waals surface area contributed by atoms with Crippen molar-refractivity contribution < 1.29 is 23.9 Å². The van der Waals surface area contributed by atoms with Crippen LogP contribution in [0.15, 0.2) is 30.8 Å². The maximum absolute atomic E-state index is 13.8. The van der Waals surface area contributed by atoms with Gasteiger partial charge in [-0.25, -0.2) is 4.79 Å². The number of amides is 4. The molecule has 0 aliphatic rings. The fraction of sp³-hybridized carbons (Fsp3) is 0.556. The van der Waals surface area contributed by atoms with E-state index in [0.717, 1.165) is 24.8 Å². The minimum atomic E-state index is -1.31. The molecule has 1 aromatic carbocycles. The summed E-state index contributed by atoms with van der Waals surface area (Å²) in [5, 5.41) is 5.40. The van der Waals surface area contributed by atoms with Crippen LogP contribution in [0.2, 0.25) is 0 Å². The molecule has 0 bridgehead atoms. The Bertz CT molecular complexity index is 923. The van der Waals surface area contributed by atoms with Gasteiger partial charge >= 0.3 is 6.09 Å². The Kier molecular flexibility index (Phi) is 12.1. The third-order valence-electron chi connectivity index (χ3n) is 5.27. The van der Waals surface area contributed by atoms with Crippen LogP contribution in [0.1, 0.15) is 84.4 Å². The van der Waals surface area contributed by atoms with Gasteiger partial charge in [-0.2, -0.15) is 0 Å². The van der Waals surface area contributed by atoms with Crippen molar-refractivity contribution in [1.82, 2.24) is 15.5 Å². The number of rotatable bonds is 13. The molecule has 2 unspecified atom stereocenters. The topological polar surface area (TPSA) is 131 Å². The maximum Gasteiger partial charge on any atom is 0.408 e. The van der Waals surface area contributed by atoms with Crippen molar-refractivity contribution in [3.63, 3.8) is 0 Å². The summed E-state index contributed by atoms with van der Waals surface area (Å²) in [7, 11) is 0. The second kappa shape index (κ2) is 14.3. The molecule has 1 aromatic rings. The molecule has 2 atom stereocenters. The molecule has 9 heteroatoms. The zero-order valence-corrected chi connectivity index (χ0v) is 22.4. The molecule has 0 saturated carbocycles. The van der Waals surface area contributed by atoms with Crippen molar-refractivity contribution >= 4 is 29.9 Å². The van der Waals surface area contributed by atoms with Gasteiger partial charge in [0.1, 0.15) is 17.7 Å². The Labute approximate surface area is 214 Å². The Balaban J connectivity index is 3.44. The molecule has 0 heterocycles. The van der Waals surface area contributed by atoms with Crippen LogP contribution in [0.25, 0.3) is 6.08 Å².